The van der Waals surface area contributed by atoms with Gasteiger partial charge in [-0.05, 0) is 95.8 Å². The van der Waals surface area contributed by atoms with E-state index < -0.39 is 0 Å². The summed E-state index contributed by atoms with van der Waals surface area (Å²) in [4.78, 5) is 5.17. The summed E-state index contributed by atoms with van der Waals surface area (Å²) < 4.78 is 0. The molecule has 0 amide bonds. The molecule has 23 heavy (non-hydrogen) atoms. The molecule has 3 fully saturated rings. The van der Waals surface area contributed by atoms with E-state index in [0.29, 0.717) is 0 Å². The molecule has 0 aromatic heterocycles. The Morgan fingerprint density at radius 3 is 1.96 bits per heavy atom. The standard InChI is InChI=1S/C21H36N2/c1-22(2)12-7-13-23-14-20-18-10-5-3-8-16(18)17-9-4-6-11-19(17)21(20)15-23/h18-21H,3-15H2,1-2H3/t18-,19-,20-,21-/m0/s1. The van der Waals surface area contributed by atoms with E-state index in [2.05, 4.69) is 23.9 Å². The summed E-state index contributed by atoms with van der Waals surface area (Å²) in [5, 5.41) is 0. The number of hydrogen-bond donors (Lipinski definition) is 0. The van der Waals surface area contributed by atoms with Crippen molar-refractivity contribution in [3.05, 3.63) is 11.1 Å². The van der Waals surface area contributed by atoms with Crippen molar-refractivity contribution in [3.63, 3.8) is 0 Å². The van der Waals surface area contributed by atoms with Crippen LogP contribution < -0.4 is 0 Å². The molecule has 1 saturated heterocycles. The van der Waals surface area contributed by atoms with Crippen LogP contribution in [0.5, 0.6) is 0 Å². The zero-order valence-electron chi connectivity index (χ0n) is 15.4. The molecule has 0 bridgehead atoms. The number of fused-ring (bicyclic) bond motifs is 5. The summed E-state index contributed by atoms with van der Waals surface area (Å²) in [6.07, 6.45) is 13.2. The molecule has 0 spiro atoms. The smallest absolute Gasteiger partial charge is 0.00189 e. The molecule has 1 aliphatic heterocycles. The Morgan fingerprint density at radius 1 is 0.870 bits per heavy atom. The van der Waals surface area contributed by atoms with Crippen molar-refractivity contribution in [1.29, 1.82) is 0 Å². The molecular formula is C21H36N2. The van der Waals surface area contributed by atoms with Crippen LogP contribution in [0.1, 0.15) is 57.8 Å². The molecule has 0 aromatic rings. The van der Waals surface area contributed by atoms with Gasteiger partial charge in [-0.15, -0.1) is 0 Å². The van der Waals surface area contributed by atoms with Gasteiger partial charge in [0.1, 0.15) is 0 Å². The fraction of sp³-hybridized carbons (Fsp3) is 0.905. The fourth-order valence-corrected chi connectivity index (χ4v) is 6.41. The van der Waals surface area contributed by atoms with Crippen molar-refractivity contribution in [3.8, 4) is 0 Å². The van der Waals surface area contributed by atoms with Gasteiger partial charge in [-0.2, -0.15) is 0 Å². The number of likely N-dealkylation sites (tertiary alicyclic amines) is 1. The Hall–Kier alpha value is -0.340. The van der Waals surface area contributed by atoms with Crippen molar-refractivity contribution in [2.24, 2.45) is 23.7 Å². The van der Waals surface area contributed by atoms with Crippen LogP contribution in [0.4, 0.5) is 0 Å². The summed E-state index contributed by atoms with van der Waals surface area (Å²) >= 11 is 0. The Bertz CT molecular complexity index is 419. The summed E-state index contributed by atoms with van der Waals surface area (Å²) in [5.41, 5.74) is 3.97. The van der Waals surface area contributed by atoms with Crippen molar-refractivity contribution < 1.29 is 0 Å². The minimum absolute atomic E-state index is 0.983. The van der Waals surface area contributed by atoms with E-state index in [1.165, 1.54) is 84.0 Å². The summed E-state index contributed by atoms with van der Waals surface area (Å²) in [7, 11) is 4.41. The first-order valence-electron chi connectivity index (χ1n) is 10.3. The second-order valence-electron chi connectivity index (χ2n) is 9.00. The third kappa shape index (κ3) is 3.14. The zero-order chi connectivity index (χ0) is 15.8. The molecule has 4 aliphatic rings. The second kappa shape index (κ2) is 6.88. The predicted molar refractivity (Wildman–Crippen MR) is 97.5 cm³/mol. The maximum absolute atomic E-state index is 2.84. The highest BCUT2D eigenvalue weighted by Gasteiger charge is 2.48. The molecule has 1 heterocycles. The van der Waals surface area contributed by atoms with Crippen LogP contribution in [0.15, 0.2) is 11.1 Å². The third-order valence-electron chi connectivity index (χ3n) is 7.33. The van der Waals surface area contributed by atoms with Gasteiger partial charge in [0.25, 0.3) is 0 Å². The average molecular weight is 317 g/mol. The molecule has 130 valence electrons. The maximum atomic E-state index is 2.84. The van der Waals surface area contributed by atoms with E-state index in [1.54, 1.807) is 0 Å². The van der Waals surface area contributed by atoms with Crippen molar-refractivity contribution in [2.75, 3.05) is 40.3 Å². The molecule has 2 heteroatoms. The summed E-state index contributed by atoms with van der Waals surface area (Å²) in [5.74, 6) is 3.99. The van der Waals surface area contributed by atoms with E-state index in [4.69, 9.17) is 0 Å². The SMILES string of the molecule is CN(C)CCCN1C[C@@H]2[C@@H](C1)[C@H]1CCCCC1=C1CCCC[C@@H]12. The minimum Gasteiger partial charge on any atom is -0.309 e. The normalized spacial score (nSPS) is 37.7. The topological polar surface area (TPSA) is 6.48 Å². The van der Waals surface area contributed by atoms with Gasteiger partial charge in [-0.25, -0.2) is 0 Å². The van der Waals surface area contributed by atoms with Gasteiger partial charge in [0, 0.05) is 13.1 Å². The Balaban J connectivity index is 1.49. The van der Waals surface area contributed by atoms with Gasteiger partial charge in [0.2, 0.25) is 0 Å². The Labute approximate surface area is 143 Å². The van der Waals surface area contributed by atoms with Crippen LogP contribution in [0, 0.1) is 23.7 Å². The van der Waals surface area contributed by atoms with Gasteiger partial charge < -0.3 is 9.80 Å². The van der Waals surface area contributed by atoms with E-state index in [1.807, 2.05) is 11.1 Å². The van der Waals surface area contributed by atoms with E-state index >= 15 is 0 Å². The van der Waals surface area contributed by atoms with Crippen LogP contribution in [-0.2, 0) is 0 Å². The summed E-state index contributed by atoms with van der Waals surface area (Å²) in [6, 6.07) is 0. The van der Waals surface area contributed by atoms with E-state index in [0.717, 1.165) is 23.7 Å². The molecule has 0 unspecified atom stereocenters. The highest BCUT2D eigenvalue weighted by Crippen LogP contribution is 2.54. The highest BCUT2D eigenvalue weighted by molar-refractivity contribution is 5.29. The molecule has 3 aliphatic carbocycles. The minimum atomic E-state index is 0.983. The third-order valence-corrected chi connectivity index (χ3v) is 7.33. The van der Waals surface area contributed by atoms with Crippen LogP contribution in [-0.4, -0.2) is 50.1 Å². The first-order chi connectivity index (χ1) is 11.2. The first kappa shape index (κ1) is 16.1. The first-order valence-corrected chi connectivity index (χ1v) is 10.3. The lowest BCUT2D eigenvalue weighted by molar-refractivity contribution is 0.174. The van der Waals surface area contributed by atoms with Crippen molar-refractivity contribution in [2.45, 2.75) is 57.8 Å². The van der Waals surface area contributed by atoms with E-state index in [9.17, 15) is 0 Å². The second-order valence-corrected chi connectivity index (χ2v) is 9.00. The van der Waals surface area contributed by atoms with Crippen LogP contribution in [0.3, 0.4) is 0 Å². The molecular weight excluding hydrogens is 280 g/mol. The summed E-state index contributed by atoms with van der Waals surface area (Å²) in [6.45, 7) is 5.40. The predicted octanol–water partition coefficient (Wildman–Crippen LogP) is 4.18. The van der Waals surface area contributed by atoms with Crippen LogP contribution in [0.2, 0.25) is 0 Å². The molecule has 0 aromatic carbocycles. The lowest BCUT2D eigenvalue weighted by atomic mass is 9.58. The van der Waals surface area contributed by atoms with Crippen molar-refractivity contribution >= 4 is 0 Å². The average Bonchev–Trinajstić information content (AvgIpc) is 2.99. The number of rotatable bonds is 4. The monoisotopic (exact) mass is 316 g/mol. The Kier molecular flexibility index (Phi) is 4.83. The molecule has 4 rings (SSSR count). The van der Waals surface area contributed by atoms with Gasteiger partial charge >= 0.3 is 0 Å². The molecule has 2 saturated carbocycles. The van der Waals surface area contributed by atoms with Crippen LogP contribution in [0.25, 0.3) is 0 Å². The fourth-order valence-electron chi connectivity index (χ4n) is 6.41. The quantitative estimate of drug-likeness (QED) is 0.718. The van der Waals surface area contributed by atoms with E-state index in [-0.39, 0.29) is 0 Å². The molecule has 0 radical (unpaired) electrons. The zero-order valence-corrected chi connectivity index (χ0v) is 15.4. The largest absolute Gasteiger partial charge is 0.309 e. The van der Waals surface area contributed by atoms with Gasteiger partial charge in [-0.3, -0.25) is 0 Å². The molecule has 2 nitrogen and oxygen atoms in total. The number of hydrogen-bond acceptors (Lipinski definition) is 2. The maximum Gasteiger partial charge on any atom is 0.00189 e. The molecule has 4 atom stereocenters. The number of nitrogens with zero attached hydrogens (tertiary/aromatic N) is 2. The van der Waals surface area contributed by atoms with Gasteiger partial charge in [0.05, 0.1) is 0 Å². The van der Waals surface area contributed by atoms with Crippen molar-refractivity contribution in [1.82, 2.24) is 9.80 Å². The van der Waals surface area contributed by atoms with Crippen LogP contribution >= 0.6 is 0 Å². The molecule has 0 N–H and O–H groups in total. The highest BCUT2D eigenvalue weighted by atomic mass is 15.2. The number of allylic oxidation sites excluding steroid dienone is 2. The van der Waals surface area contributed by atoms with Gasteiger partial charge in [-0.1, -0.05) is 24.0 Å². The lowest BCUT2D eigenvalue weighted by Crippen LogP contribution is -2.38. The Morgan fingerprint density at radius 2 is 1.43 bits per heavy atom. The lowest BCUT2D eigenvalue weighted by Gasteiger charge is -2.46. The van der Waals surface area contributed by atoms with Gasteiger partial charge in [0.15, 0.2) is 0 Å².